The third-order valence-corrected chi connectivity index (χ3v) is 4.53. The van der Waals surface area contributed by atoms with Gasteiger partial charge in [0.05, 0.1) is 5.71 Å². The van der Waals surface area contributed by atoms with Gasteiger partial charge in [-0.1, -0.05) is 17.7 Å². The number of amides is 2. The van der Waals surface area contributed by atoms with E-state index in [1.165, 1.54) is 4.90 Å². The minimum atomic E-state index is -0.254. The topological polar surface area (TPSA) is 74.9 Å². The van der Waals surface area contributed by atoms with Gasteiger partial charge >= 0.3 is 0 Å². The molecule has 6 heteroatoms. The molecule has 0 atom stereocenters. The predicted octanol–water partition coefficient (Wildman–Crippen LogP) is 3.07. The van der Waals surface area contributed by atoms with Crippen molar-refractivity contribution >= 4 is 17.5 Å². The Balaban J connectivity index is 1.87. The summed E-state index contributed by atoms with van der Waals surface area (Å²) in [6, 6.07) is 7.32. The zero-order valence-corrected chi connectivity index (χ0v) is 15.5. The summed E-state index contributed by atoms with van der Waals surface area (Å²) in [5.74, 6) is 0.692. The fourth-order valence-corrected chi connectivity index (χ4v) is 3.07. The van der Waals surface area contributed by atoms with Crippen LogP contribution >= 0.6 is 0 Å². The van der Waals surface area contributed by atoms with Crippen LogP contribution in [0.3, 0.4) is 0 Å². The lowest BCUT2D eigenvalue weighted by molar-refractivity contribution is 0.0793. The fourth-order valence-electron chi connectivity index (χ4n) is 3.07. The van der Waals surface area contributed by atoms with Gasteiger partial charge < -0.3 is 9.32 Å². The average Bonchev–Trinajstić information content (AvgIpc) is 2.97. The third-order valence-electron chi connectivity index (χ3n) is 4.53. The number of benzene rings is 1. The molecule has 3 rings (SSSR count). The number of hydrogen-bond donors (Lipinski definition) is 1. The molecule has 0 spiro atoms. The first-order valence-electron chi connectivity index (χ1n) is 8.66. The van der Waals surface area contributed by atoms with E-state index >= 15 is 0 Å². The minimum Gasteiger partial charge on any atom is -0.455 e. The Morgan fingerprint density at radius 1 is 1.12 bits per heavy atom. The monoisotopic (exact) mass is 353 g/mol. The maximum atomic E-state index is 12.3. The SMILES string of the molecule is Cc1ccc(C(=O)N/N=C2\CCCc3oc(C(=O)N(C)C)c(C)c32)cc1. The number of furan rings is 1. The lowest BCUT2D eigenvalue weighted by Crippen LogP contribution is -2.23. The summed E-state index contributed by atoms with van der Waals surface area (Å²) >= 11 is 0. The lowest BCUT2D eigenvalue weighted by atomic mass is 9.93. The molecule has 6 nitrogen and oxygen atoms in total. The molecule has 0 unspecified atom stereocenters. The summed E-state index contributed by atoms with van der Waals surface area (Å²) in [5, 5.41) is 4.33. The van der Waals surface area contributed by atoms with Crippen LogP contribution in [0.15, 0.2) is 33.8 Å². The van der Waals surface area contributed by atoms with E-state index < -0.39 is 0 Å². The molecule has 1 aliphatic rings. The van der Waals surface area contributed by atoms with Crippen LogP contribution in [0.1, 0.15) is 56.2 Å². The second kappa shape index (κ2) is 7.15. The lowest BCUT2D eigenvalue weighted by Gasteiger charge is -2.13. The number of carbonyl (C=O) groups is 2. The van der Waals surface area contributed by atoms with Crippen molar-refractivity contribution < 1.29 is 14.0 Å². The number of hydrogen-bond acceptors (Lipinski definition) is 4. The number of carbonyl (C=O) groups excluding carboxylic acids is 2. The highest BCUT2D eigenvalue weighted by Crippen LogP contribution is 2.30. The van der Waals surface area contributed by atoms with Crippen LogP contribution < -0.4 is 5.43 Å². The van der Waals surface area contributed by atoms with Crippen LogP contribution in [0.25, 0.3) is 0 Å². The second-order valence-electron chi connectivity index (χ2n) is 6.77. The Hall–Kier alpha value is -2.89. The van der Waals surface area contributed by atoms with Gasteiger partial charge in [0, 0.05) is 37.2 Å². The standard InChI is InChI=1S/C20H23N3O3/c1-12-8-10-14(11-9-12)19(24)22-21-15-6-5-7-16-17(15)13(2)18(26-16)20(25)23(3)4/h8-11H,5-7H2,1-4H3,(H,22,24)/b21-15+. The van der Waals surface area contributed by atoms with Gasteiger partial charge in [0.2, 0.25) is 0 Å². The Morgan fingerprint density at radius 3 is 2.46 bits per heavy atom. The number of nitrogens with one attached hydrogen (secondary N) is 1. The molecule has 0 bridgehead atoms. The molecular weight excluding hydrogens is 330 g/mol. The van der Waals surface area contributed by atoms with Crippen LogP contribution in [-0.4, -0.2) is 36.5 Å². The highest BCUT2D eigenvalue weighted by atomic mass is 16.4. The molecule has 1 N–H and O–H groups in total. The second-order valence-corrected chi connectivity index (χ2v) is 6.77. The molecule has 1 heterocycles. The van der Waals surface area contributed by atoms with Crippen LogP contribution in [0.4, 0.5) is 0 Å². The molecule has 2 amide bonds. The van der Waals surface area contributed by atoms with Gasteiger partial charge in [-0.2, -0.15) is 5.10 Å². The molecule has 0 aliphatic heterocycles. The van der Waals surface area contributed by atoms with Crippen molar-refractivity contribution in [3.63, 3.8) is 0 Å². The van der Waals surface area contributed by atoms with Gasteiger partial charge in [-0.25, -0.2) is 5.43 Å². The maximum Gasteiger partial charge on any atom is 0.289 e. The highest BCUT2D eigenvalue weighted by molar-refractivity contribution is 6.07. The van der Waals surface area contributed by atoms with Crippen LogP contribution in [0, 0.1) is 13.8 Å². The van der Waals surface area contributed by atoms with Crippen LogP contribution in [0.2, 0.25) is 0 Å². The van der Waals surface area contributed by atoms with E-state index in [0.717, 1.165) is 47.4 Å². The molecule has 0 radical (unpaired) electrons. The van der Waals surface area contributed by atoms with Crippen molar-refractivity contribution in [3.05, 3.63) is 58.0 Å². The van der Waals surface area contributed by atoms with E-state index in [4.69, 9.17) is 4.42 Å². The normalized spacial score (nSPS) is 14.8. The number of nitrogens with zero attached hydrogens (tertiary/aromatic N) is 2. The zero-order valence-electron chi connectivity index (χ0n) is 15.5. The van der Waals surface area contributed by atoms with Crippen molar-refractivity contribution in [3.8, 4) is 0 Å². The third kappa shape index (κ3) is 3.40. The number of aryl methyl sites for hydroxylation is 2. The van der Waals surface area contributed by atoms with Gasteiger partial charge in [-0.15, -0.1) is 0 Å². The van der Waals surface area contributed by atoms with E-state index in [2.05, 4.69) is 10.5 Å². The van der Waals surface area contributed by atoms with E-state index in [9.17, 15) is 9.59 Å². The van der Waals surface area contributed by atoms with Gasteiger partial charge in [0.25, 0.3) is 11.8 Å². The van der Waals surface area contributed by atoms with Crippen LogP contribution in [0.5, 0.6) is 0 Å². The van der Waals surface area contributed by atoms with E-state index in [1.807, 2.05) is 26.0 Å². The summed E-state index contributed by atoms with van der Waals surface area (Å²) in [6.45, 7) is 3.83. The van der Waals surface area contributed by atoms with Crippen LogP contribution in [-0.2, 0) is 6.42 Å². The maximum absolute atomic E-state index is 12.3. The van der Waals surface area contributed by atoms with Gasteiger partial charge in [-0.05, 0) is 38.8 Å². The van der Waals surface area contributed by atoms with Gasteiger partial charge in [0.1, 0.15) is 5.76 Å². The zero-order chi connectivity index (χ0) is 18.8. The molecule has 0 saturated carbocycles. The highest BCUT2D eigenvalue weighted by Gasteiger charge is 2.28. The van der Waals surface area contributed by atoms with E-state index in [0.29, 0.717) is 11.3 Å². The molecule has 1 aromatic carbocycles. The van der Waals surface area contributed by atoms with Crippen molar-refractivity contribution in [1.29, 1.82) is 0 Å². The van der Waals surface area contributed by atoms with Crippen molar-refractivity contribution in [2.75, 3.05) is 14.1 Å². The largest absolute Gasteiger partial charge is 0.455 e. The van der Waals surface area contributed by atoms with Crippen molar-refractivity contribution in [2.45, 2.75) is 33.1 Å². The summed E-state index contributed by atoms with van der Waals surface area (Å²) < 4.78 is 5.81. The molecule has 26 heavy (non-hydrogen) atoms. The van der Waals surface area contributed by atoms with E-state index in [1.54, 1.807) is 26.2 Å². The number of hydrazone groups is 1. The quantitative estimate of drug-likeness (QED) is 0.862. The molecule has 1 aliphatic carbocycles. The van der Waals surface area contributed by atoms with Crippen molar-refractivity contribution in [2.24, 2.45) is 5.10 Å². The number of rotatable bonds is 3. The summed E-state index contributed by atoms with van der Waals surface area (Å²) in [7, 11) is 3.39. The Labute approximate surface area is 152 Å². The van der Waals surface area contributed by atoms with Crippen molar-refractivity contribution in [1.82, 2.24) is 10.3 Å². The first kappa shape index (κ1) is 17.9. The summed E-state index contributed by atoms with van der Waals surface area (Å²) in [4.78, 5) is 26.1. The Morgan fingerprint density at radius 2 is 1.81 bits per heavy atom. The smallest absolute Gasteiger partial charge is 0.289 e. The number of fused-ring (bicyclic) bond motifs is 1. The summed E-state index contributed by atoms with van der Waals surface area (Å²) in [6.07, 6.45) is 2.37. The molecule has 2 aromatic rings. The Bertz CT molecular complexity index is 876. The Kier molecular flexibility index (Phi) is 4.93. The molecular formula is C20H23N3O3. The molecule has 136 valence electrons. The predicted molar refractivity (Wildman–Crippen MR) is 99.6 cm³/mol. The summed E-state index contributed by atoms with van der Waals surface area (Å²) in [5.41, 5.74) is 6.67. The van der Waals surface area contributed by atoms with Gasteiger partial charge in [-0.3, -0.25) is 9.59 Å². The molecule has 0 fully saturated rings. The molecule has 0 saturated heterocycles. The average molecular weight is 353 g/mol. The first-order valence-corrected chi connectivity index (χ1v) is 8.66. The fraction of sp³-hybridized carbons (Fsp3) is 0.350. The van der Waals surface area contributed by atoms with Gasteiger partial charge in [0.15, 0.2) is 5.76 Å². The minimum absolute atomic E-state index is 0.167. The first-order chi connectivity index (χ1) is 12.4. The van der Waals surface area contributed by atoms with E-state index in [-0.39, 0.29) is 11.8 Å². The molecule has 1 aromatic heterocycles.